The molecular formula is C15H26N4. The van der Waals surface area contributed by atoms with Crippen LogP contribution in [-0.2, 0) is 0 Å². The number of nitrogens with two attached hydrogens (primary N) is 1. The van der Waals surface area contributed by atoms with Crippen molar-refractivity contribution in [2.24, 2.45) is 5.73 Å². The zero-order valence-corrected chi connectivity index (χ0v) is 12.5. The number of nitrogen functional groups attached to an aromatic ring is 1. The number of aromatic nitrogens is 1. The van der Waals surface area contributed by atoms with E-state index in [1.807, 2.05) is 13.0 Å². The molecule has 0 aliphatic carbocycles. The molecule has 0 aliphatic rings. The minimum absolute atomic E-state index is 0.102. The van der Waals surface area contributed by atoms with Gasteiger partial charge in [0.1, 0.15) is 11.7 Å². The Morgan fingerprint density at radius 1 is 1.47 bits per heavy atom. The summed E-state index contributed by atoms with van der Waals surface area (Å²) in [5.41, 5.74) is 7.53. The van der Waals surface area contributed by atoms with Crippen molar-refractivity contribution in [3.63, 3.8) is 0 Å². The first-order valence-electron chi connectivity index (χ1n) is 7.09. The Hall–Kier alpha value is -1.58. The van der Waals surface area contributed by atoms with Crippen molar-refractivity contribution >= 4 is 11.7 Å². The maximum atomic E-state index is 7.80. The topological polar surface area (TPSA) is 66.0 Å². The first-order valence-corrected chi connectivity index (χ1v) is 7.09. The highest BCUT2D eigenvalue weighted by atomic mass is 15.2. The van der Waals surface area contributed by atoms with E-state index in [1.54, 1.807) is 6.20 Å². The van der Waals surface area contributed by atoms with Crippen LogP contribution in [0.3, 0.4) is 0 Å². The largest absolute Gasteiger partial charge is 0.384 e. The number of nitrogens with one attached hydrogen (secondary N) is 1. The van der Waals surface area contributed by atoms with Gasteiger partial charge in [-0.1, -0.05) is 20.3 Å². The quantitative estimate of drug-likeness (QED) is 0.586. The van der Waals surface area contributed by atoms with E-state index in [0.29, 0.717) is 6.04 Å². The van der Waals surface area contributed by atoms with Gasteiger partial charge in [-0.3, -0.25) is 5.41 Å². The number of pyridine rings is 1. The van der Waals surface area contributed by atoms with Crippen molar-refractivity contribution in [2.45, 2.75) is 53.0 Å². The van der Waals surface area contributed by atoms with Gasteiger partial charge in [-0.2, -0.15) is 0 Å². The Bertz CT molecular complexity index is 428. The van der Waals surface area contributed by atoms with Crippen LogP contribution in [-0.4, -0.2) is 23.4 Å². The van der Waals surface area contributed by atoms with Crippen molar-refractivity contribution in [1.29, 1.82) is 5.41 Å². The smallest absolute Gasteiger partial charge is 0.140 e. The maximum Gasteiger partial charge on any atom is 0.140 e. The number of rotatable bonds is 7. The van der Waals surface area contributed by atoms with Crippen LogP contribution in [0.1, 0.15) is 51.2 Å². The molecule has 0 bridgehead atoms. The van der Waals surface area contributed by atoms with E-state index >= 15 is 0 Å². The molecule has 1 atom stereocenters. The lowest BCUT2D eigenvalue weighted by molar-refractivity contribution is 0.589. The average Bonchev–Trinajstić information content (AvgIpc) is 2.38. The second-order valence-corrected chi connectivity index (χ2v) is 5.04. The van der Waals surface area contributed by atoms with Gasteiger partial charge >= 0.3 is 0 Å². The number of anilines is 1. The van der Waals surface area contributed by atoms with Crippen LogP contribution in [0.5, 0.6) is 0 Å². The standard InChI is InChI=1S/C15H26N4/c1-5-7-10-19(12(4)6-2)15-13(14(16)17)11(3)8-9-18-15/h8-9,12H,5-7,10H2,1-4H3,(H3,16,17). The summed E-state index contributed by atoms with van der Waals surface area (Å²) in [6.07, 6.45) is 5.13. The number of hydrogen-bond acceptors (Lipinski definition) is 3. The lowest BCUT2D eigenvalue weighted by Gasteiger charge is -2.31. The molecule has 3 N–H and O–H groups in total. The highest BCUT2D eigenvalue weighted by molar-refractivity contribution is 6.01. The first kappa shape index (κ1) is 15.5. The van der Waals surface area contributed by atoms with Gasteiger partial charge in [0.25, 0.3) is 0 Å². The van der Waals surface area contributed by atoms with Crippen LogP contribution in [0.2, 0.25) is 0 Å². The highest BCUT2D eigenvalue weighted by Gasteiger charge is 2.19. The fourth-order valence-electron chi connectivity index (χ4n) is 2.18. The lowest BCUT2D eigenvalue weighted by Crippen LogP contribution is -2.36. The number of amidine groups is 1. The van der Waals surface area contributed by atoms with E-state index in [9.17, 15) is 0 Å². The first-order chi connectivity index (χ1) is 9.02. The molecule has 0 spiro atoms. The summed E-state index contributed by atoms with van der Waals surface area (Å²) in [5, 5.41) is 7.80. The number of unbranched alkanes of at least 4 members (excludes halogenated alkanes) is 1. The van der Waals surface area contributed by atoms with E-state index in [1.165, 1.54) is 0 Å². The normalized spacial score (nSPS) is 12.2. The minimum atomic E-state index is 0.102. The van der Waals surface area contributed by atoms with Crippen molar-refractivity contribution in [3.05, 3.63) is 23.4 Å². The Morgan fingerprint density at radius 2 is 2.16 bits per heavy atom. The van der Waals surface area contributed by atoms with Crippen molar-refractivity contribution in [2.75, 3.05) is 11.4 Å². The highest BCUT2D eigenvalue weighted by Crippen LogP contribution is 2.23. The van der Waals surface area contributed by atoms with Gasteiger partial charge in [-0.15, -0.1) is 0 Å². The molecule has 0 aliphatic heterocycles. The van der Waals surface area contributed by atoms with Gasteiger partial charge in [0.15, 0.2) is 0 Å². The van der Waals surface area contributed by atoms with E-state index in [4.69, 9.17) is 11.1 Å². The van der Waals surface area contributed by atoms with E-state index < -0.39 is 0 Å². The van der Waals surface area contributed by atoms with Crippen LogP contribution in [0.15, 0.2) is 12.3 Å². The third-order valence-corrected chi connectivity index (χ3v) is 3.56. The summed E-state index contributed by atoms with van der Waals surface area (Å²) in [7, 11) is 0. The Balaban J connectivity index is 3.21. The summed E-state index contributed by atoms with van der Waals surface area (Å²) in [5.74, 6) is 0.959. The third kappa shape index (κ3) is 3.69. The molecule has 0 fully saturated rings. The molecule has 106 valence electrons. The van der Waals surface area contributed by atoms with Gasteiger partial charge in [-0.25, -0.2) is 4.98 Å². The molecule has 4 nitrogen and oxygen atoms in total. The number of hydrogen-bond donors (Lipinski definition) is 2. The van der Waals surface area contributed by atoms with Crippen LogP contribution in [0.25, 0.3) is 0 Å². The zero-order valence-electron chi connectivity index (χ0n) is 12.5. The van der Waals surface area contributed by atoms with E-state index in [0.717, 1.165) is 42.8 Å². The van der Waals surface area contributed by atoms with Crippen LogP contribution in [0, 0.1) is 12.3 Å². The minimum Gasteiger partial charge on any atom is -0.384 e. The van der Waals surface area contributed by atoms with Crippen LogP contribution in [0.4, 0.5) is 5.82 Å². The Morgan fingerprint density at radius 3 is 2.68 bits per heavy atom. The van der Waals surface area contributed by atoms with Crippen LogP contribution >= 0.6 is 0 Å². The monoisotopic (exact) mass is 262 g/mol. The van der Waals surface area contributed by atoms with Gasteiger partial charge in [0, 0.05) is 18.8 Å². The molecule has 0 saturated carbocycles. The predicted molar refractivity (Wildman–Crippen MR) is 82.0 cm³/mol. The summed E-state index contributed by atoms with van der Waals surface area (Å²) in [4.78, 5) is 6.77. The Kier molecular flexibility index (Phi) is 5.80. The fraction of sp³-hybridized carbons (Fsp3) is 0.600. The zero-order chi connectivity index (χ0) is 14.4. The fourth-order valence-corrected chi connectivity index (χ4v) is 2.18. The van der Waals surface area contributed by atoms with Gasteiger partial charge in [-0.05, 0) is 38.3 Å². The molecule has 1 aromatic rings. The summed E-state index contributed by atoms with van der Waals surface area (Å²) in [6.45, 7) is 9.50. The van der Waals surface area contributed by atoms with Gasteiger partial charge in [0.05, 0.1) is 5.56 Å². The average molecular weight is 262 g/mol. The molecule has 1 heterocycles. The van der Waals surface area contributed by atoms with Gasteiger partial charge in [0.2, 0.25) is 0 Å². The van der Waals surface area contributed by atoms with Gasteiger partial charge < -0.3 is 10.6 Å². The molecule has 1 rings (SSSR count). The third-order valence-electron chi connectivity index (χ3n) is 3.56. The summed E-state index contributed by atoms with van der Waals surface area (Å²) in [6, 6.07) is 2.31. The lowest BCUT2D eigenvalue weighted by atomic mass is 10.1. The summed E-state index contributed by atoms with van der Waals surface area (Å²) >= 11 is 0. The number of aryl methyl sites for hydroxylation is 1. The molecular weight excluding hydrogens is 236 g/mol. The molecule has 1 unspecified atom stereocenters. The van der Waals surface area contributed by atoms with Crippen molar-refractivity contribution in [1.82, 2.24) is 4.98 Å². The van der Waals surface area contributed by atoms with Crippen molar-refractivity contribution in [3.8, 4) is 0 Å². The van der Waals surface area contributed by atoms with E-state index in [-0.39, 0.29) is 5.84 Å². The summed E-state index contributed by atoms with van der Waals surface area (Å²) < 4.78 is 0. The predicted octanol–water partition coefficient (Wildman–Crippen LogP) is 3.08. The molecule has 0 saturated heterocycles. The van der Waals surface area contributed by atoms with Crippen LogP contribution < -0.4 is 10.6 Å². The molecule has 1 aromatic heterocycles. The maximum absolute atomic E-state index is 7.80. The molecule has 4 heteroatoms. The molecule has 19 heavy (non-hydrogen) atoms. The number of nitrogens with zero attached hydrogens (tertiary/aromatic N) is 2. The Labute approximate surface area is 116 Å². The molecule has 0 amide bonds. The second-order valence-electron chi connectivity index (χ2n) is 5.04. The molecule has 0 aromatic carbocycles. The second kappa shape index (κ2) is 7.12. The van der Waals surface area contributed by atoms with Crippen molar-refractivity contribution < 1.29 is 0 Å². The molecule has 0 radical (unpaired) electrons. The SMILES string of the molecule is CCCCN(c1nccc(C)c1C(=N)N)C(C)CC. The van der Waals surface area contributed by atoms with E-state index in [2.05, 4.69) is 30.7 Å².